The second-order valence-electron chi connectivity index (χ2n) is 7.39. The summed E-state index contributed by atoms with van der Waals surface area (Å²) in [5, 5.41) is 5.71. The highest BCUT2D eigenvalue weighted by Gasteiger charge is 2.65. The lowest BCUT2D eigenvalue weighted by molar-refractivity contribution is -0.135. The van der Waals surface area contributed by atoms with E-state index in [4.69, 9.17) is 0 Å². The normalized spacial score (nSPS) is 21.7. The van der Waals surface area contributed by atoms with E-state index in [1.165, 1.54) is 0 Å². The molecule has 4 amide bonds. The Kier molecular flexibility index (Phi) is 4.38. The van der Waals surface area contributed by atoms with Crippen molar-refractivity contribution in [1.82, 2.24) is 10.2 Å². The van der Waals surface area contributed by atoms with Gasteiger partial charge in [0.05, 0.1) is 5.69 Å². The molecular weight excluding hydrogens is 466 g/mol. The quantitative estimate of drug-likeness (QED) is 0.627. The first-order valence-electron chi connectivity index (χ1n) is 8.72. The summed E-state index contributed by atoms with van der Waals surface area (Å²) < 4.78 is 1.47. The summed E-state index contributed by atoms with van der Waals surface area (Å²) in [7, 11) is 0. The van der Waals surface area contributed by atoms with Crippen LogP contribution in [0, 0.1) is 18.8 Å². The van der Waals surface area contributed by atoms with Gasteiger partial charge >= 0.3 is 6.03 Å². The zero-order valence-corrected chi connectivity index (χ0v) is 17.4. The van der Waals surface area contributed by atoms with Gasteiger partial charge in [0.15, 0.2) is 0 Å². The van der Waals surface area contributed by atoms with Gasteiger partial charge in [0.25, 0.3) is 5.91 Å². The predicted octanol–water partition coefficient (Wildman–Crippen LogP) is 3.57. The van der Waals surface area contributed by atoms with Gasteiger partial charge in [-0.1, -0.05) is 0 Å². The van der Waals surface area contributed by atoms with Gasteiger partial charge in [-0.05, 0) is 94.0 Å². The maximum Gasteiger partial charge on any atom is 0.325 e. The van der Waals surface area contributed by atoms with Gasteiger partial charge in [0.1, 0.15) is 12.1 Å². The van der Waals surface area contributed by atoms with Crippen molar-refractivity contribution in [2.75, 3.05) is 11.9 Å². The second kappa shape index (κ2) is 6.34. The summed E-state index contributed by atoms with van der Waals surface area (Å²) in [6.45, 7) is 1.67. The van der Waals surface area contributed by atoms with E-state index in [1.807, 2.05) is 19.1 Å². The average Bonchev–Trinajstić information content (AvgIpc) is 3.45. The maximum absolute atomic E-state index is 13.0. The predicted molar refractivity (Wildman–Crippen MR) is 104 cm³/mol. The zero-order chi connectivity index (χ0) is 18.6. The van der Waals surface area contributed by atoms with Crippen molar-refractivity contribution in [2.24, 2.45) is 11.8 Å². The molecular formula is C18H19Br2N3O3. The molecule has 4 rings (SSSR count). The largest absolute Gasteiger partial charge is 0.325 e. The highest BCUT2D eigenvalue weighted by Crippen LogP contribution is 2.54. The number of amides is 4. The van der Waals surface area contributed by atoms with Gasteiger partial charge in [-0.15, -0.1) is 0 Å². The Hall–Kier alpha value is -1.41. The SMILES string of the molecule is Cc1cc(Br)c(NC(=O)CN2C(=O)NC(C3CC3)(C3CC3)C2=O)c(Br)c1. The van der Waals surface area contributed by atoms with E-state index >= 15 is 0 Å². The summed E-state index contributed by atoms with van der Waals surface area (Å²) in [5.41, 5.74) is 0.861. The minimum Gasteiger partial charge on any atom is -0.323 e. The first-order chi connectivity index (χ1) is 12.3. The Morgan fingerprint density at radius 3 is 2.23 bits per heavy atom. The number of halogens is 2. The molecule has 2 N–H and O–H groups in total. The highest BCUT2D eigenvalue weighted by atomic mass is 79.9. The number of nitrogens with one attached hydrogen (secondary N) is 2. The number of nitrogens with zero attached hydrogens (tertiary/aromatic N) is 1. The first-order valence-corrected chi connectivity index (χ1v) is 10.3. The molecule has 2 saturated carbocycles. The Balaban J connectivity index is 1.50. The average molecular weight is 485 g/mol. The Labute approximate surface area is 168 Å². The van der Waals surface area contributed by atoms with Gasteiger partial charge in [0.2, 0.25) is 5.91 Å². The minimum atomic E-state index is -0.762. The Bertz CT molecular complexity index is 783. The van der Waals surface area contributed by atoms with Crippen LogP contribution in [-0.4, -0.2) is 34.8 Å². The fourth-order valence-electron chi connectivity index (χ4n) is 3.86. The third kappa shape index (κ3) is 2.97. The van der Waals surface area contributed by atoms with Crippen LogP contribution >= 0.6 is 31.9 Å². The van der Waals surface area contributed by atoms with Crippen LogP contribution in [0.2, 0.25) is 0 Å². The second-order valence-corrected chi connectivity index (χ2v) is 9.10. The van der Waals surface area contributed by atoms with E-state index < -0.39 is 17.5 Å². The molecule has 1 saturated heterocycles. The van der Waals surface area contributed by atoms with Crippen LogP contribution in [0.25, 0.3) is 0 Å². The smallest absolute Gasteiger partial charge is 0.323 e. The summed E-state index contributed by atoms with van der Waals surface area (Å²) in [6.07, 6.45) is 3.86. The van der Waals surface area contributed by atoms with Gasteiger partial charge in [-0.3, -0.25) is 14.5 Å². The number of carbonyl (C=O) groups is 3. The van der Waals surface area contributed by atoms with Crippen molar-refractivity contribution in [3.8, 4) is 0 Å². The van der Waals surface area contributed by atoms with Crippen LogP contribution in [0.3, 0.4) is 0 Å². The van der Waals surface area contributed by atoms with E-state index in [1.54, 1.807) is 0 Å². The molecule has 3 fully saturated rings. The van der Waals surface area contributed by atoms with Crippen molar-refractivity contribution in [3.63, 3.8) is 0 Å². The number of benzene rings is 1. The zero-order valence-electron chi connectivity index (χ0n) is 14.3. The summed E-state index contributed by atoms with van der Waals surface area (Å²) >= 11 is 6.86. The number of hydrogen-bond donors (Lipinski definition) is 2. The lowest BCUT2D eigenvalue weighted by atomic mass is 9.87. The molecule has 0 radical (unpaired) electrons. The van der Waals surface area contributed by atoms with Crippen LogP contribution < -0.4 is 10.6 Å². The first kappa shape index (κ1) is 18.0. The Morgan fingerprint density at radius 2 is 1.73 bits per heavy atom. The maximum atomic E-state index is 13.0. The molecule has 26 heavy (non-hydrogen) atoms. The molecule has 0 atom stereocenters. The molecule has 0 aromatic heterocycles. The number of aryl methyl sites for hydroxylation is 1. The minimum absolute atomic E-state index is 0.222. The van der Waals surface area contributed by atoms with Gasteiger partial charge in [0, 0.05) is 8.95 Å². The number of hydrogen-bond acceptors (Lipinski definition) is 3. The van der Waals surface area contributed by atoms with Gasteiger partial charge in [-0.25, -0.2) is 4.79 Å². The summed E-state index contributed by atoms with van der Waals surface area (Å²) in [5.74, 6) is -0.189. The van der Waals surface area contributed by atoms with Crippen LogP contribution in [0.5, 0.6) is 0 Å². The third-order valence-electron chi connectivity index (χ3n) is 5.35. The van der Waals surface area contributed by atoms with Crippen LogP contribution in [0.4, 0.5) is 10.5 Å². The molecule has 0 spiro atoms. The van der Waals surface area contributed by atoms with Crippen molar-refractivity contribution >= 4 is 55.4 Å². The number of imide groups is 1. The van der Waals surface area contributed by atoms with Crippen LogP contribution in [-0.2, 0) is 9.59 Å². The number of urea groups is 1. The third-order valence-corrected chi connectivity index (χ3v) is 6.60. The van der Waals surface area contributed by atoms with Crippen molar-refractivity contribution < 1.29 is 14.4 Å². The Morgan fingerprint density at radius 1 is 1.19 bits per heavy atom. The fourth-order valence-corrected chi connectivity index (χ4v) is 5.48. The number of rotatable bonds is 5. The number of anilines is 1. The topological polar surface area (TPSA) is 78.5 Å². The molecule has 8 heteroatoms. The standard InChI is InChI=1S/C18H19Br2N3O3/c1-9-6-12(19)15(13(20)7-9)21-14(24)8-23-16(25)18(10-2-3-10,11-4-5-11)22-17(23)26/h6-7,10-11H,2-5,8H2,1H3,(H,21,24)(H,22,26). The summed E-state index contributed by atoms with van der Waals surface area (Å²) in [4.78, 5) is 39.0. The van der Waals surface area contributed by atoms with Crippen molar-refractivity contribution in [2.45, 2.75) is 38.1 Å². The van der Waals surface area contributed by atoms with Gasteiger partial charge in [-0.2, -0.15) is 0 Å². The van der Waals surface area contributed by atoms with E-state index in [9.17, 15) is 14.4 Å². The van der Waals surface area contributed by atoms with Crippen molar-refractivity contribution in [1.29, 1.82) is 0 Å². The van der Waals surface area contributed by atoms with E-state index in [2.05, 4.69) is 42.5 Å². The van der Waals surface area contributed by atoms with E-state index in [0.29, 0.717) is 5.69 Å². The molecule has 1 aliphatic heterocycles. The molecule has 1 heterocycles. The van der Waals surface area contributed by atoms with Crippen LogP contribution in [0.15, 0.2) is 21.1 Å². The van der Waals surface area contributed by atoms with E-state index in [0.717, 1.165) is 45.1 Å². The molecule has 138 valence electrons. The molecule has 3 aliphatic rings. The molecule has 2 aliphatic carbocycles. The fraction of sp³-hybridized carbons (Fsp3) is 0.500. The van der Waals surface area contributed by atoms with Crippen molar-refractivity contribution in [3.05, 3.63) is 26.6 Å². The molecule has 0 bridgehead atoms. The van der Waals surface area contributed by atoms with Gasteiger partial charge < -0.3 is 10.6 Å². The lowest BCUT2D eigenvalue weighted by Gasteiger charge is -2.26. The lowest BCUT2D eigenvalue weighted by Crippen LogP contribution is -2.51. The summed E-state index contributed by atoms with van der Waals surface area (Å²) in [6, 6.07) is 3.32. The van der Waals surface area contributed by atoms with Crippen LogP contribution in [0.1, 0.15) is 31.2 Å². The number of carbonyl (C=O) groups excluding carboxylic acids is 3. The molecule has 1 aromatic rings. The monoisotopic (exact) mass is 483 g/mol. The highest BCUT2D eigenvalue weighted by molar-refractivity contribution is 9.11. The van der Waals surface area contributed by atoms with E-state index in [-0.39, 0.29) is 24.3 Å². The molecule has 6 nitrogen and oxygen atoms in total. The molecule has 1 aromatic carbocycles. The molecule has 0 unspecified atom stereocenters.